The monoisotopic (exact) mass is 259 g/mol. The van der Waals surface area contributed by atoms with Gasteiger partial charge < -0.3 is 14.3 Å². The lowest BCUT2D eigenvalue weighted by Gasteiger charge is -2.20. The smallest absolute Gasteiger partial charge is 0.133 e. The van der Waals surface area contributed by atoms with Crippen molar-refractivity contribution in [1.82, 2.24) is 14.9 Å². The van der Waals surface area contributed by atoms with E-state index in [1.54, 1.807) is 6.26 Å². The standard InChI is InChI=1S/C15H21N3O/c1-3-15(6-7-15)11-17-13(12-5-4-10-19-12)14-16-8-9-18(14)2/h4-5,8-10,13,17H,3,6-7,11H2,1-2H3. The first-order chi connectivity index (χ1) is 9.24. The molecular weight excluding hydrogens is 238 g/mol. The molecule has 1 saturated carbocycles. The van der Waals surface area contributed by atoms with Crippen LogP contribution in [-0.4, -0.2) is 16.1 Å². The number of rotatable bonds is 6. The van der Waals surface area contributed by atoms with Crippen molar-refractivity contribution in [3.05, 3.63) is 42.4 Å². The molecular formula is C15H21N3O. The molecule has 3 rings (SSSR count). The van der Waals surface area contributed by atoms with Crippen molar-refractivity contribution in [3.8, 4) is 0 Å². The third-order valence-electron chi connectivity index (χ3n) is 4.33. The fourth-order valence-electron chi connectivity index (χ4n) is 2.58. The van der Waals surface area contributed by atoms with Crippen LogP contribution in [0.2, 0.25) is 0 Å². The number of hydrogen-bond donors (Lipinski definition) is 1. The topological polar surface area (TPSA) is 43.0 Å². The number of aromatic nitrogens is 2. The van der Waals surface area contributed by atoms with Crippen LogP contribution in [0.15, 0.2) is 35.2 Å². The van der Waals surface area contributed by atoms with Crippen LogP contribution in [0.4, 0.5) is 0 Å². The number of nitrogens with one attached hydrogen (secondary N) is 1. The lowest BCUT2D eigenvalue weighted by Crippen LogP contribution is -2.30. The van der Waals surface area contributed by atoms with Gasteiger partial charge in [-0.1, -0.05) is 6.92 Å². The van der Waals surface area contributed by atoms with Gasteiger partial charge in [-0.25, -0.2) is 4.98 Å². The van der Waals surface area contributed by atoms with E-state index in [-0.39, 0.29) is 6.04 Å². The summed E-state index contributed by atoms with van der Waals surface area (Å²) in [5.41, 5.74) is 0.510. The molecule has 4 heteroatoms. The fourth-order valence-corrected chi connectivity index (χ4v) is 2.58. The van der Waals surface area contributed by atoms with Gasteiger partial charge in [0.05, 0.1) is 6.26 Å². The molecule has 2 aromatic heterocycles. The minimum absolute atomic E-state index is 0.0408. The zero-order valence-corrected chi connectivity index (χ0v) is 11.6. The van der Waals surface area contributed by atoms with Crippen molar-refractivity contribution in [2.24, 2.45) is 12.5 Å². The molecule has 1 atom stereocenters. The minimum atomic E-state index is 0.0408. The lowest BCUT2D eigenvalue weighted by molar-refractivity contribution is 0.377. The molecule has 19 heavy (non-hydrogen) atoms. The van der Waals surface area contributed by atoms with Crippen LogP contribution < -0.4 is 5.32 Å². The minimum Gasteiger partial charge on any atom is -0.467 e. The Morgan fingerprint density at radius 3 is 2.89 bits per heavy atom. The Labute approximate surface area is 113 Å². The molecule has 1 aliphatic carbocycles. The molecule has 1 unspecified atom stereocenters. The second-order valence-electron chi connectivity index (χ2n) is 5.58. The molecule has 0 radical (unpaired) electrons. The van der Waals surface area contributed by atoms with Gasteiger partial charge in [0.25, 0.3) is 0 Å². The largest absolute Gasteiger partial charge is 0.467 e. The Morgan fingerprint density at radius 1 is 1.53 bits per heavy atom. The molecule has 0 aromatic carbocycles. The first-order valence-corrected chi connectivity index (χ1v) is 6.98. The van der Waals surface area contributed by atoms with Crippen LogP contribution in [0.1, 0.15) is 43.8 Å². The molecule has 0 aliphatic heterocycles. The maximum atomic E-state index is 5.58. The van der Waals surface area contributed by atoms with Crippen molar-refractivity contribution in [3.63, 3.8) is 0 Å². The van der Waals surface area contributed by atoms with Crippen LogP contribution in [0.5, 0.6) is 0 Å². The van der Waals surface area contributed by atoms with Crippen LogP contribution in [0.3, 0.4) is 0 Å². The van der Waals surface area contributed by atoms with Crippen LogP contribution >= 0.6 is 0 Å². The molecule has 2 heterocycles. The van der Waals surface area contributed by atoms with Gasteiger partial charge in [-0.2, -0.15) is 0 Å². The summed E-state index contributed by atoms with van der Waals surface area (Å²) in [5.74, 6) is 1.93. The third kappa shape index (κ3) is 2.45. The zero-order valence-electron chi connectivity index (χ0n) is 11.6. The number of nitrogens with zero attached hydrogens (tertiary/aromatic N) is 2. The highest BCUT2D eigenvalue weighted by Crippen LogP contribution is 2.48. The van der Waals surface area contributed by atoms with Crippen molar-refractivity contribution in [2.75, 3.05) is 6.54 Å². The van der Waals surface area contributed by atoms with E-state index in [1.165, 1.54) is 19.3 Å². The van der Waals surface area contributed by atoms with Crippen LogP contribution in [-0.2, 0) is 7.05 Å². The Balaban J connectivity index is 1.79. The zero-order chi connectivity index (χ0) is 13.3. The summed E-state index contributed by atoms with van der Waals surface area (Å²) in [5, 5.41) is 3.64. The highest BCUT2D eigenvalue weighted by Gasteiger charge is 2.41. The summed E-state index contributed by atoms with van der Waals surface area (Å²) in [7, 11) is 2.02. The average molecular weight is 259 g/mol. The summed E-state index contributed by atoms with van der Waals surface area (Å²) in [6.07, 6.45) is 9.44. The summed E-state index contributed by atoms with van der Waals surface area (Å²) in [6.45, 7) is 3.30. The van der Waals surface area contributed by atoms with Gasteiger partial charge in [-0.3, -0.25) is 0 Å². The van der Waals surface area contributed by atoms with Gasteiger partial charge in [0.1, 0.15) is 17.6 Å². The SMILES string of the molecule is CCC1(CNC(c2ccco2)c2nccn2C)CC1. The van der Waals surface area contributed by atoms with Gasteiger partial charge in [0.2, 0.25) is 0 Å². The van der Waals surface area contributed by atoms with Crippen molar-refractivity contribution in [2.45, 2.75) is 32.2 Å². The predicted octanol–water partition coefficient (Wildman–Crippen LogP) is 2.88. The molecule has 4 nitrogen and oxygen atoms in total. The number of furan rings is 1. The van der Waals surface area contributed by atoms with Gasteiger partial charge in [-0.15, -0.1) is 0 Å². The Morgan fingerprint density at radius 2 is 2.37 bits per heavy atom. The summed E-state index contributed by atoms with van der Waals surface area (Å²) >= 11 is 0. The first-order valence-electron chi connectivity index (χ1n) is 6.98. The molecule has 0 amide bonds. The molecule has 0 bridgehead atoms. The van der Waals surface area contributed by atoms with Gasteiger partial charge in [-0.05, 0) is 36.8 Å². The Bertz CT molecular complexity index is 525. The quantitative estimate of drug-likeness (QED) is 0.867. The molecule has 102 valence electrons. The highest BCUT2D eigenvalue weighted by molar-refractivity contribution is 5.16. The van der Waals surface area contributed by atoms with E-state index >= 15 is 0 Å². The Hall–Kier alpha value is -1.55. The van der Waals surface area contributed by atoms with E-state index < -0.39 is 0 Å². The second kappa shape index (κ2) is 4.85. The number of hydrogen-bond acceptors (Lipinski definition) is 3. The molecule has 2 aromatic rings. The van der Waals surface area contributed by atoms with Crippen molar-refractivity contribution < 1.29 is 4.42 Å². The molecule has 0 saturated heterocycles. The van der Waals surface area contributed by atoms with Gasteiger partial charge >= 0.3 is 0 Å². The van der Waals surface area contributed by atoms with Crippen LogP contribution in [0, 0.1) is 5.41 Å². The molecule has 1 aliphatic rings. The highest BCUT2D eigenvalue weighted by atomic mass is 16.3. The second-order valence-corrected chi connectivity index (χ2v) is 5.58. The van der Waals surface area contributed by atoms with E-state index in [0.717, 1.165) is 18.1 Å². The van der Waals surface area contributed by atoms with Crippen molar-refractivity contribution >= 4 is 0 Å². The van der Waals surface area contributed by atoms with E-state index in [2.05, 4.69) is 17.2 Å². The molecule has 1 N–H and O–H groups in total. The normalized spacial score (nSPS) is 18.4. The average Bonchev–Trinajstić information content (AvgIpc) is 2.81. The maximum Gasteiger partial charge on any atom is 0.133 e. The van der Waals surface area contributed by atoms with Gasteiger partial charge in [0, 0.05) is 26.0 Å². The number of imidazole rings is 1. The fraction of sp³-hybridized carbons (Fsp3) is 0.533. The molecule has 0 spiro atoms. The van der Waals surface area contributed by atoms with Gasteiger partial charge in [0.15, 0.2) is 0 Å². The van der Waals surface area contributed by atoms with Crippen molar-refractivity contribution in [1.29, 1.82) is 0 Å². The summed E-state index contributed by atoms with van der Waals surface area (Å²) < 4.78 is 7.63. The van der Waals surface area contributed by atoms with E-state index in [1.807, 2.05) is 36.1 Å². The predicted molar refractivity (Wildman–Crippen MR) is 73.7 cm³/mol. The summed E-state index contributed by atoms with van der Waals surface area (Å²) in [4.78, 5) is 4.46. The molecule has 1 fully saturated rings. The third-order valence-corrected chi connectivity index (χ3v) is 4.33. The van der Waals surface area contributed by atoms with E-state index in [4.69, 9.17) is 4.42 Å². The Kier molecular flexibility index (Phi) is 3.19. The summed E-state index contributed by atoms with van der Waals surface area (Å²) in [6, 6.07) is 3.98. The number of aryl methyl sites for hydroxylation is 1. The lowest BCUT2D eigenvalue weighted by atomic mass is 10.0. The maximum absolute atomic E-state index is 5.58. The van der Waals surface area contributed by atoms with E-state index in [0.29, 0.717) is 5.41 Å². The van der Waals surface area contributed by atoms with E-state index in [9.17, 15) is 0 Å². The first kappa shape index (κ1) is 12.5. The van der Waals surface area contributed by atoms with Crippen LogP contribution in [0.25, 0.3) is 0 Å².